The highest BCUT2D eigenvalue weighted by molar-refractivity contribution is 5.70. The van der Waals surface area contributed by atoms with E-state index in [9.17, 15) is 19.5 Å². The zero-order valence-corrected chi connectivity index (χ0v) is 37.8. The molecule has 2 unspecified atom stereocenters. The van der Waals surface area contributed by atoms with E-state index in [0.717, 1.165) is 70.6 Å². The summed E-state index contributed by atoms with van der Waals surface area (Å²) in [4.78, 5) is 36.9. The van der Waals surface area contributed by atoms with Crippen LogP contribution in [0.2, 0.25) is 0 Å². The van der Waals surface area contributed by atoms with Gasteiger partial charge in [-0.15, -0.1) is 0 Å². The van der Waals surface area contributed by atoms with Crippen LogP contribution in [0.25, 0.3) is 0 Å². The largest absolute Gasteiger partial charge is 0.544 e. The number of esters is 2. The Morgan fingerprint density at radius 3 is 1.46 bits per heavy atom. The number of allylic oxidation sites excluding steroid dienone is 6. The second-order valence-corrected chi connectivity index (χ2v) is 17.0. The van der Waals surface area contributed by atoms with Crippen molar-refractivity contribution in [3.05, 3.63) is 36.5 Å². The van der Waals surface area contributed by atoms with Crippen LogP contribution in [0.1, 0.15) is 206 Å². The average molecular weight is 804 g/mol. The van der Waals surface area contributed by atoms with Crippen molar-refractivity contribution in [2.75, 3.05) is 41.0 Å². The number of likely N-dealkylation sites (N-methyl/N-ethyl adjacent to an activating group) is 1. The molecule has 0 aromatic heterocycles. The third-order valence-corrected chi connectivity index (χ3v) is 10.5. The lowest BCUT2D eigenvalue weighted by Crippen LogP contribution is -2.55. The molecule has 57 heavy (non-hydrogen) atoms. The van der Waals surface area contributed by atoms with Crippen LogP contribution in [0.3, 0.4) is 0 Å². The molecule has 0 heterocycles. The molecule has 0 bridgehead atoms. The van der Waals surface area contributed by atoms with Gasteiger partial charge < -0.3 is 28.6 Å². The van der Waals surface area contributed by atoms with E-state index in [2.05, 4.69) is 50.3 Å². The fourth-order valence-electron chi connectivity index (χ4n) is 6.87. The lowest BCUT2D eigenvalue weighted by molar-refractivity contribution is -0.889. The molecule has 0 fully saturated rings. The van der Waals surface area contributed by atoms with Gasteiger partial charge in [-0.1, -0.05) is 159 Å². The smallest absolute Gasteiger partial charge is 0.306 e. The van der Waals surface area contributed by atoms with E-state index < -0.39 is 18.1 Å². The number of rotatable bonds is 42. The molecule has 2 atom stereocenters. The van der Waals surface area contributed by atoms with E-state index in [1.54, 1.807) is 21.1 Å². The number of carboxylic acids is 1. The highest BCUT2D eigenvalue weighted by atomic mass is 16.6. The predicted octanol–water partition coefficient (Wildman–Crippen LogP) is 11.7. The van der Waals surface area contributed by atoms with Gasteiger partial charge in [0, 0.05) is 19.3 Å². The Labute approximate surface area is 351 Å². The number of nitrogens with zero attached hydrogens (tertiary/aromatic N) is 1. The van der Waals surface area contributed by atoms with Crippen molar-refractivity contribution < 1.29 is 38.2 Å². The standard InChI is InChI=1S/C49H89NO7/c1-6-8-10-12-14-16-18-20-21-22-23-24-25-26-27-28-30-31-33-35-37-39-47(51)56-44-45(43-55-42-41-46(49(53)54)50(3,4)5)57-48(52)40-38-36-34-32-29-19-17-15-13-11-9-7-2/h9,11,15,17,24-25,45-46H,6-8,10,12-14,16,18-23,26-44H2,1-5H3/b11-9+,17-15+,25-24+. The summed E-state index contributed by atoms with van der Waals surface area (Å²) in [5, 5.41) is 11.6. The minimum Gasteiger partial charge on any atom is -0.544 e. The molecule has 8 nitrogen and oxygen atoms in total. The minimum absolute atomic E-state index is 0.0346. The molecule has 0 amide bonds. The van der Waals surface area contributed by atoms with Crippen LogP contribution < -0.4 is 5.11 Å². The highest BCUT2D eigenvalue weighted by Gasteiger charge is 2.25. The number of hydrogen-bond acceptors (Lipinski definition) is 7. The molecular weight excluding hydrogens is 715 g/mol. The minimum atomic E-state index is -1.13. The van der Waals surface area contributed by atoms with E-state index in [0.29, 0.717) is 12.8 Å². The highest BCUT2D eigenvalue weighted by Crippen LogP contribution is 2.15. The number of carbonyl (C=O) groups excluding carboxylic acids is 3. The molecule has 0 aromatic carbocycles. The van der Waals surface area contributed by atoms with E-state index in [4.69, 9.17) is 14.2 Å². The average Bonchev–Trinajstić information content (AvgIpc) is 3.17. The molecule has 0 N–H and O–H groups in total. The number of ether oxygens (including phenoxy) is 3. The van der Waals surface area contributed by atoms with Crippen molar-refractivity contribution in [1.82, 2.24) is 0 Å². The Balaban J connectivity index is 4.23. The van der Waals surface area contributed by atoms with Crippen LogP contribution in [0, 0.1) is 0 Å². The number of hydrogen-bond donors (Lipinski definition) is 0. The van der Waals surface area contributed by atoms with Gasteiger partial charge >= 0.3 is 11.9 Å². The van der Waals surface area contributed by atoms with Gasteiger partial charge in [0.15, 0.2) is 6.10 Å². The van der Waals surface area contributed by atoms with Crippen molar-refractivity contribution in [3.63, 3.8) is 0 Å². The number of unbranched alkanes of at least 4 members (excludes halogenated alkanes) is 22. The first-order valence-electron chi connectivity index (χ1n) is 23.5. The van der Waals surface area contributed by atoms with Crippen LogP contribution in [0.5, 0.6) is 0 Å². The zero-order valence-electron chi connectivity index (χ0n) is 37.8. The summed E-state index contributed by atoms with van der Waals surface area (Å²) in [6.07, 6.45) is 46.1. The van der Waals surface area contributed by atoms with Crippen molar-refractivity contribution in [2.24, 2.45) is 0 Å². The molecule has 8 heteroatoms. The second kappa shape index (κ2) is 40.3. The van der Waals surface area contributed by atoms with Gasteiger partial charge in [-0.05, 0) is 64.2 Å². The number of aliphatic carboxylic acids is 1. The van der Waals surface area contributed by atoms with Crippen LogP contribution in [0.4, 0.5) is 0 Å². The molecule has 0 radical (unpaired) electrons. The van der Waals surface area contributed by atoms with Gasteiger partial charge in [0.25, 0.3) is 0 Å². The fourth-order valence-corrected chi connectivity index (χ4v) is 6.87. The molecule has 0 rings (SSSR count). The van der Waals surface area contributed by atoms with Gasteiger partial charge in [0.05, 0.1) is 40.3 Å². The lowest BCUT2D eigenvalue weighted by Gasteiger charge is -2.34. The van der Waals surface area contributed by atoms with E-state index >= 15 is 0 Å². The topological polar surface area (TPSA) is 102 Å². The van der Waals surface area contributed by atoms with Gasteiger partial charge in [-0.2, -0.15) is 0 Å². The Kier molecular flexibility index (Phi) is 38.6. The quantitative estimate of drug-likeness (QED) is 0.0262. The van der Waals surface area contributed by atoms with Crippen LogP contribution in [-0.4, -0.2) is 75.5 Å². The van der Waals surface area contributed by atoms with Gasteiger partial charge in [-0.25, -0.2) is 0 Å². The summed E-state index contributed by atoms with van der Waals surface area (Å²) >= 11 is 0. The maximum atomic E-state index is 12.7. The lowest BCUT2D eigenvalue weighted by atomic mass is 10.1. The molecule has 0 aliphatic rings. The summed E-state index contributed by atoms with van der Waals surface area (Å²) in [5.41, 5.74) is 0. The summed E-state index contributed by atoms with van der Waals surface area (Å²) in [7, 11) is 5.40. The van der Waals surface area contributed by atoms with Crippen molar-refractivity contribution in [3.8, 4) is 0 Å². The summed E-state index contributed by atoms with van der Waals surface area (Å²) in [5.74, 6) is -1.76. The maximum absolute atomic E-state index is 12.7. The summed E-state index contributed by atoms with van der Waals surface area (Å²) in [6.45, 7) is 4.54. The Morgan fingerprint density at radius 2 is 0.982 bits per heavy atom. The SMILES string of the molecule is CC/C=C/C/C=C/CCCCCCCC(=O)OC(COCCC(C(=O)[O-])[N+](C)(C)C)COC(=O)CCCCCCCCC/C=C/CCCCCCCCCCCC. The Bertz CT molecular complexity index is 1030. The number of carboxylic acid groups (broad SMARTS) is 1. The third-order valence-electron chi connectivity index (χ3n) is 10.5. The van der Waals surface area contributed by atoms with Crippen molar-refractivity contribution in [1.29, 1.82) is 0 Å². The third kappa shape index (κ3) is 38.8. The summed E-state index contributed by atoms with van der Waals surface area (Å²) < 4.78 is 17.2. The molecule has 332 valence electrons. The normalized spacial score (nSPS) is 13.2. The molecule has 0 aromatic rings. The Hall–Kier alpha value is -2.45. The fraction of sp³-hybridized carbons (Fsp3) is 0.816. The van der Waals surface area contributed by atoms with E-state index in [-0.39, 0.29) is 42.7 Å². The first-order valence-corrected chi connectivity index (χ1v) is 23.5. The molecule has 0 spiro atoms. The zero-order chi connectivity index (χ0) is 42.1. The molecule has 0 aliphatic carbocycles. The second-order valence-electron chi connectivity index (χ2n) is 17.0. The van der Waals surface area contributed by atoms with Crippen molar-refractivity contribution in [2.45, 2.75) is 219 Å². The molecular formula is C49H89NO7. The van der Waals surface area contributed by atoms with Crippen LogP contribution >= 0.6 is 0 Å². The monoisotopic (exact) mass is 804 g/mol. The van der Waals surface area contributed by atoms with E-state index in [1.165, 1.54) is 103 Å². The first-order chi connectivity index (χ1) is 27.6. The van der Waals surface area contributed by atoms with Crippen molar-refractivity contribution >= 4 is 17.9 Å². The van der Waals surface area contributed by atoms with E-state index in [1.807, 2.05) is 0 Å². The number of carbonyl (C=O) groups is 3. The first kappa shape index (κ1) is 54.6. The van der Waals surface area contributed by atoms with Gasteiger partial charge in [0.2, 0.25) is 0 Å². The maximum Gasteiger partial charge on any atom is 0.306 e. The van der Waals surface area contributed by atoms with Gasteiger partial charge in [0.1, 0.15) is 12.6 Å². The van der Waals surface area contributed by atoms with Crippen LogP contribution in [0.15, 0.2) is 36.5 Å². The molecule has 0 aliphatic heterocycles. The number of quaternary nitrogens is 1. The van der Waals surface area contributed by atoms with Gasteiger partial charge in [-0.3, -0.25) is 9.59 Å². The predicted molar refractivity (Wildman–Crippen MR) is 236 cm³/mol. The molecule has 0 saturated heterocycles. The van der Waals surface area contributed by atoms with Crippen LogP contribution in [-0.2, 0) is 28.6 Å². The summed E-state index contributed by atoms with van der Waals surface area (Å²) in [6, 6.07) is -0.728. The Morgan fingerprint density at radius 1 is 0.544 bits per heavy atom. The molecule has 0 saturated carbocycles.